The van der Waals surface area contributed by atoms with E-state index in [2.05, 4.69) is 46.3 Å². The minimum Gasteiger partial charge on any atom is -0.357 e. The second-order valence-corrected chi connectivity index (χ2v) is 9.16. The van der Waals surface area contributed by atoms with Crippen molar-refractivity contribution in [3.05, 3.63) is 53.4 Å². The fourth-order valence-electron chi connectivity index (χ4n) is 2.54. The smallest absolute Gasteiger partial charge is 0.250 e. The molecule has 6 nitrogen and oxygen atoms in total. The minimum atomic E-state index is -3.44. The molecular weight excluding hydrogens is 507 g/mol. The van der Waals surface area contributed by atoms with Gasteiger partial charge in [-0.1, -0.05) is 43.3 Å². The van der Waals surface area contributed by atoms with E-state index in [4.69, 9.17) is 0 Å². The highest BCUT2D eigenvalue weighted by atomic mass is 127. The Morgan fingerprint density at radius 3 is 2.46 bits per heavy atom. The van der Waals surface area contributed by atoms with Gasteiger partial charge in [-0.2, -0.15) is 0 Å². The maximum absolute atomic E-state index is 12.1. The molecule has 2 rings (SSSR count). The number of thiophene rings is 1. The number of hydrogen-bond acceptors (Lipinski definition) is 4. The lowest BCUT2D eigenvalue weighted by Crippen LogP contribution is -2.44. The first-order chi connectivity index (χ1) is 12.9. The summed E-state index contributed by atoms with van der Waals surface area (Å²) in [7, 11) is -3.44. The van der Waals surface area contributed by atoms with Gasteiger partial charge in [0.15, 0.2) is 5.96 Å². The molecular formula is C19H29IN4O2S2. The van der Waals surface area contributed by atoms with Crippen molar-refractivity contribution in [1.82, 2.24) is 15.4 Å². The van der Waals surface area contributed by atoms with Crippen molar-refractivity contribution in [2.75, 3.05) is 19.6 Å². The van der Waals surface area contributed by atoms with Gasteiger partial charge in [-0.3, -0.25) is 4.99 Å². The van der Waals surface area contributed by atoms with Crippen molar-refractivity contribution in [2.24, 2.45) is 4.99 Å². The number of guanidine groups is 1. The molecule has 1 aromatic heterocycles. The summed E-state index contributed by atoms with van der Waals surface area (Å²) in [5.74, 6) is 0.996. The number of hydrogen-bond donors (Lipinski definition) is 3. The van der Waals surface area contributed by atoms with Crippen molar-refractivity contribution in [1.29, 1.82) is 0 Å². The van der Waals surface area contributed by atoms with E-state index in [0.29, 0.717) is 22.6 Å². The standard InChI is InChI=1S/C19H28N4O2S2.HI/c1-4-20-19(23-16(3)15(2)17-9-6-5-7-10-17)21-12-13-22-27(24,25)18-11-8-14-26-18;/h5-11,14-16,22H,4,12-13H2,1-3H3,(H2,20,21,23);1H. The molecule has 9 heteroatoms. The molecule has 3 N–H and O–H groups in total. The molecule has 0 fully saturated rings. The lowest BCUT2D eigenvalue weighted by molar-refractivity contribution is 0.550. The fraction of sp³-hybridized carbons (Fsp3) is 0.421. The zero-order valence-corrected chi connectivity index (χ0v) is 20.3. The van der Waals surface area contributed by atoms with Crippen molar-refractivity contribution in [3.8, 4) is 0 Å². The van der Waals surface area contributed by atoms with E-state index >= 15 is 0 Å². The normalized spacial score (nSPS) is 14.0. The Morgan fingerprint density at radius 1 is 1.14 bits per heavy atom. The Bertz CT molecular complexity index is 812. The molecule has 0 saturated carbocycles. The third kappa shape index (κ3) is 7.69. The highest BCUT2D eigenvalue weighted by molar-refractivity contribution is 14.0. The number of nitrogens with zero attached hydrogens (tertiary/aromatic N) is 1. The van der Waals surface area contributed by atoms with Crippen LogP contribution in [-0.4, -0.2) is 40.1 Å². The van der Waals surface area contributed by atoms with Gasteiger partial charge in [-0.05, 0) is 30.9 Å². The molecule has 2 unspecified atom stereocenters. The molecule has 0 aliphatic rings. The minimum absolute atomic E-state index is 0. The topological polar surface area (TPSA) is 82.6 Å². The lowest BCUT2D eigenvalue weighted by Gasteiger charge is -2.24. The number of aliphatic imine (C=N–C) groups is 1. The molecule has 1 heterocycles. The maximum atomic E-state index is 12.1. The SMILES string of the molecule is CCNC(=NCCNS(=O)(=O)c1cccs1)NC(C)C(C)c1ccccc1.I. The predicted molar refractivity (Wildman–Crippen MR) is 128 cm³/mol. The van der Waals surface area contributed by atoms with E-state index in [9.17, 15) is 8.42 Å². The summed E-state index contributed by atoms with van der Waals surface area (Å²) in [6.07, 6.45) is 0. The molecule has 0 aliphatic heterocycles. The van der Waals surface area contributed by atoms with E-state index in [1.165, 1.54) is 16.9 Å². The third-order valence-electron chi connectivity index (χ3n) is 4.22. The van der Waals surface area contributed by atoms with Crippen LogP contribution in [0.3, 0.4) is 0 Å². The maximum Gasteiger partial charge on any atom is 0.250 e. The number of benzene rings is 1. The zero-order chi connectivity index (χ0) is 19.7. The summed E-state index contributed by atoms with van der Waals surface area (Å²) >= 11 is 1.20. The molecule has 0 bridgehead atoms. The van der Waals surface area contributed by atoms with Gasteiger partial charge >= 0.3 is 0 Å². The van der Waals surface area contributed by atoms with Crippen molar-refractivity contribution < 1.29 is 8.42 Å². The van der Waals surface area contributed by atoms with Crippen LogP contribution >= 0.6 is 35.3 Å². The Labute approximate surface area is 189 Å². The third-order valence-corrected chi connectivity index (χ3v) is 7.08. The largest absolute Gasteiger partial charge is 0.357 e. The molecule has 1 aromatic carbocycles. The molecule has 0 saturated heterocycles. The highest BCUT2D eigenvalue weighted by Crippen LogP contribution is 2.18. The molecule has 0 amide bonds. The average Bonchev–Trinajstić information content (AvgIpc) is 3.21. The van der Waals surface area contributed by atoms with Gasteiger partial charge in [-0.25, -0.2) is 13.1 Å². The number of halogens is 1. The summed E-state index contributed by atoms with van der Waals surface area (Å²) in [4.78, 5) is 4.48. The van der Waals surface area contributed by atoms with Crippen molar-refractivity contribution in [3.63, 3.8) is 0 Å². The first-order valence-electron chi connectivity index (χ1n) is 9.07. The van der Waals surface area contributed by atoms with Crippen LogP contribution in [-0.2, 0) is 10.0 Å². The Morgan fingerprint density at radius 2 is 1.86 bits per heavy atom. The average molecular weight is 537 g/mol. The summed E-state index contributed by atoms with van der Waals surface area (Å²) in [6.45, 7) is 7.63. The monoisotopic (exact) mass is 536 g/mol. The van der Waals surface area contributed by atoms with Gasteiger partial charge in [0, 0.05) is 25.0 Å². The molecule has 2 atom stereocenters. The van der Waals surface area contributed by atoms with Gasteiger partial charge in [-0.15, -0.1) is 35.3 Å². The van der Waals surface area contributed by atoms with Crippen LogP contribution in [0.5, 0.6) is 0 Å². The van der Waals surface area contributed by atoms with Gasteiger partial charge < -0.3 is 10.6 Å². The van der Waals surface area contributed by atoms with E-state index in [0.717, 1.165) is 6.54 Å². The number of sulfonamides is 1. The predicted octanol–water partition coefficient (Wildman–Crippen LogP) is 3.39. The van der Waals surface area contributed by atoms with Crippen LogP contribution in [0.2, 0.25) is 0 Å². The quantitative estimate of drug-likeness (QED) is 0.199. The molecule has 0 aliphatic carbocycles. The Hall–Kier alpha value is -1.17. The van der Waals surface area contributed by atoms with Crippen LogP contribution in [0.25, 0.3) is 0 Å². The van der Waals surface area contributed by atoms with E-state index in [1.54, 1.807) is 17.5 Å². The summed E-state index contributed by atoms with van der Waals surface area (Å²) in [5.41, 5.74) is 1.26. The summed E-state index contributed by atoms with van der Waals surface area (Å²) < 4.78 is 27.1. The van der Waals surface area contributed by atoms with Gasteiger partial charge in [0.1, 0.15) is 4.21 Å². The first-order valence-corrected chi connectivity index (χ1v) is 11.4. The van der Waals surface area contributed by atoms with E-state index < -0.39 is 10.0 Å². The molecule has 156 valence electrons. The summed E-state index contributed by atoms with van der Waals surface area (Å²) in [5, 5.41) is 8.36. The lowest BCUT2D eigenvalue weighted by atomic mass is 9.94. The van der Waals surface area contributed by atoms with Gasteiger partial charge in [0.25, 0.3) is 0 Å². The number of nitrogens with one attached hydrogen (secondary N) is 3. The first kappa shape index (κ1) is 24.9. The summed E-state index contributed by atoms with van der Waals surface area (Å²) in [6, 6.07) is 13.8. The Kier molecular flexibility index (Phi) is 11.0. The fourth-order valence-corrected chi connectivity index (χ4v) is 4.60. The van der Waals surface area contributed by atoms with E-state index in [-0.39, 0.29) is 36.6 Å². The molecule has 0 spiro atoms. The van der Waals surface area contributed by atoms with Crippen LogP contribution in [0, 0.1) is 0 Å². The molecule has 2 aromatic rings. The number of rotatable bonds is 9. The Balaban J connectivity index is 0.00000392. The van der Waals surface area contributed by atoms with Crippen LogP contribution in [0.1, 0.15) is 32.3 Å². The van der Waals surface area contributed by atoms with Crippen LogP contribution in [0.4, 0.5) is 0 Å². The molecule has 28 heavy (non-hydrogen) atoms. The van der Waals surface area contributed by atoms with Crippen molar-refractivity contribution >= 4 is 51.3 Å². The van der Waals surface area contributed by atoms with Crippen molar-refractivity contribution in [2.45, 2.75) is 36.9 Å². The second-order valence-electron chi connectivity index (χ2n) is 6.22. The second kappa shape index (κ2) is 12.4. The van der Waals surface area contributed by atoms with Crippen LogP contribution in [0.15, 0.2) is 57.0 Å². The molecule has 0 radical (unpaired) electrons. The van der Waals surface area contributed by atoms with Gasteiger partial charge in [0.2, 0.25) is 10.0 Å². The van der Waals surface area contributed by atoms with E-state index in [1.807, 2.05) is 25.1 Å². The van der Waals surface area contributed by atoms with Crippen LogP contribution < -0.4 is 15.4 Å². The highest BCUT2D eigenvalue weighted by Gasteiger charge is 2.16. The zero-order valence-electron chi connectivity index (χ0n) is 16.4. The van der Waals surface area contributed by atoms with Gasteiger partial charge in [0.05, 0.1) is 6.54 Å².